The molecule has 2 aromatic heterocycles. The summed E-state index contributed by atoms with van der Waals surface area (Å²) >= 11 is 6.00. The smallest absolute Gasteiger partial charge is 0.140 e. The summed E-state index contributed by atoms with van der Waals surface area (Å²) in [7, 11) is 0. The summed E-state index contributed by atoms with van der Waals surface area (Å²) < 4.78 is 5.66. The van der Waals surface area contributed by atoms with Crippen LogP contribution in [0, 0.1) is 5.41 Å². The molecule has 1 unspecified atom stereocenters. The van der Waals surface area contributed by atoms with Gasteiger partial charge in [0.2, 0.25) is 0 Å². The number of furan rings is 1. The Labute approximate surface area is 124 Å². The van der Waals surface area contributed by atoms with Gasteiger partial charge in [0.1, 0.15) is 16.5 Å². The first-order valence-corrected chi connectivity index (χ1v) is 7.15. The van der Waals surface area contributed by atoms with Crippen LogP contribution in [-0.4, -0.2) is 22.7 Å². The van der Waals surface area contributed by atoms with Gasteiger partial charge in [0, 0.05) is 12.7 Å². The molecular weight excluding hydrogens is 276 g/mol. The maximum atomic E-state index is 9.92. The van der Waals surface area contributed by atoms with Gasteiger partial charge in [-0.3, -0.25) is 0 Å². The van der Waals surface area contributed by atoms with Crippen molar-refractivity contribution in [1.82, 2.24) is 10.3 Å². The van der Waals surface area contributed by atoms with Crippen molar-refractivity contribution >= 4 is 22.6 Å². The maximum absolute atomic E-state index is 9.92. The zero-order chi connectivity index (χ0) is 14.8. The SMILES string of the molecule is CC(C)(C)CC(O)CNCc1cc2c(Cl)nccc2o1. The van der Waals surface area contributed by atoms with Crippen molar-refractivity contribution in [1.29, 1.82) is 0 Å². The van der Waals surface area contributed by atoms with Crippen molar-refractivity contribution in [2.24, 2.45) is 5.41 Å². The van der Waals surface area contributed by atoms with Gasteiger partial charge in [0.15, 0.2) is 0 Å². The van der Waals surface area contributed by atoms with E-state index in [0.29, 0.717) is 18.2 Å². The molecule has 0 aliphatic heterocycles. The van der Waals surface area contributed by atoms with Gasteiger partial charge >= 0.3 is 0 Å². The van der Waals surface area contributed by atoms with Crippen molar-refractivity contribution in [3.8, 4) is 0 Å². The largest absolute Gasteiger partial charge is 0.460 e. The second kappa shape index (κ2) is 6.12. The summed E-state index contributed by atoms with van der Waals surface area (Å²) in [6, 6.07) is 3.67. The van der Waals surface area contributed by atoms with Gasteiger partial charge in [-0.05, 0) is 24.0 Å². The minimum atomic E-state index is -0.357. The number of aliphatic hydroxyl groups excluding tert-OH is 1. The first kappa shape index (κ1) is 15.3. The Bertz CT molecular complexity index is 575. The quantitative estimate of drug-likeness (QED) is 0.831. The number of aliphatic hydroxyl groups is 1. The number of halogens is 1. The monoisotopic (exact) mass is 296 g/mol. The third-order valence-corrected chi connectivity index (χ3v) is 3.28. The average molecular weight is 297 g/mol. The highest BCUT2D eigenvalue weighted by molar-refractivity contribution is 6.34. The Morgan fingerprint density at radius 2 is 2.20 bits per heavy atom. The molecule has 2 aromatic rings. The summed E-state index contributed by atoms with van der Waals surface area (Å²) in [5.74, 6) is 0.790. The van der Waals surface area contributed by atoms with Gasteiger partial charge in [-0.25, -0.2) is 4.98 Å². The molecule has 5 heteroatoms. The van der Waals surface area contributed by atoms with Crippen LogP contribution in [0.2, 0.25) is 5.15 Å². The minimum Gasteiger partial charge on any atom is -0.460 e. The molecule has 0 aliphatic carbocycles. The van der Waals surface area contributed by atoms with Crippen molar-refractivity contribution in [2.75, 3.05) is 6.54 Å². The zero-order valence-electron chi connectivity index (χ0n) is 12.1. The van der Waals surface area contributed by atoms with Crippen LogP contribution in [0.4, 0.5) is 0 Å². The number of nitrogens with zero attached hydrogens (tertiary/aromatic N) is 1. The molecule has 1 atom stereocenters. The third-order valence-electron chi connectivity index (χ3n) is 2.98. The van der Waals surface area contributed by atoms with Gasteiger partial charge in [-0.1, -0.05) is 32.4 Å². The van der Waals surface area contributed by atoms with Crippen molar-refractivity contribution < 1.29 is 9.52 Å². The van der Waals surface area contributed by atoms with Gasteiger partial charge in [0.25, 0.3) is 0 Å². The van der Waals surface area contributed by atoms with Crippen LogP contribution in [0.3, 0.4) is 0 Å². The van der Waals surface area contributed by atoms with Gasteiger partial charge in [-0.15, -0.1) is 0 Å². The third kappa shape index (κ3) is 4.20. The van der Waals surface area contributed by atoms with E-state index in [2.05, 4.69) is 31.1 Å². The Morgan fingerprint density at radius 1 is 1.45 bits per heavy atom. The predicted octanol–water partition coefficient (Wildman–Crippen LogP) is 3.37. The first-order chi connectivity index (χ1) is 9.35. The van der Waals surface area contributed by atoms with E-state index in [-0.39, 0.29) is 11.5 Å². The molecule has 0 radical (unpaired) electrons. The predicted molar refractivity (Wildman–Crippen MR) is 80.8 cm³/mol. The summed E-state index contributed by atoms with van der Waals surface area (Å²) in [4.78, 5) is 4.01. The molecule has 110 valence electrons. The standard InChI is InChI=1S/C15H21ClN2O2/c1-15(2,3)7-10(19)8-17-9-11-6-12-13(20-11)4-5-18-14(12)16/h4-6,10,17,19H,7-9H2,1-3H3. The van der Waals surface area contributed by atoms with Crippen LogP contribution in [0.5, 0.6) is 0 Å². The number of nitrogens with one attached hydrogen (secondary N) is 1. The molecule has 2 rings (SSSR count). The van der Waals surface area contributed by atoms with E-state index < -0.39 is 0 Å². The molecule has 0 bridgehead atoms. The lowest BCUT2D eigenvalue weighted by Crippen LogP contribution is -2.29. The second-order valence-electron chi connectivity index (χ2n) is 6.28. The summed E-state index contributed by atoms with van der Waals surface area (Å²) in [5.41, 5.74) is 0.858. The van der Waals surface area contributed by atoms with Crippen molar-refractivity contribution in [2.45, 2.75) is 39.8 Å². The Balaban J connectivity index is 1.88. The maximum Gasteiger partial charge on any atom is 0.140 e. The molecule has 2 N–H and O–H groups in total. The Kier molecular flexibility index (Phi) is 4.68. The normalized spacial score (nSPS) is 13.8. The summed E-state index contributed by atoms with van der Waals surface area (Å²) in [6.45, 7) is 7.45. The molecule has 0 saturated heterocycles. The highest BCUT2D eigenvalue weighted by Gasteiger charge is 2.16. The van der Waals surface area contributed by atoms with Crippen LogP contribution in [0.25, 0.3) is 11.0 Å². The summed E-state index contributed by atoms with van der Waals surface area (Å²) in [6.07, 6.45) is 2.03. The van der Waals surface area contributed by atoms with E-state index in [0.717, 1.165) is 23.2 Å². The van der Waals surface area contributed by atoms with Crippen molar-refractivity contribution in [3.63, 3.8) is 0 Å². The molecule has 20 heavy (non-hydrogen) atoms. The fourth-order valence-electron chi connectivity index (χ4n) is 2.21. The van der Waals surface area contributed by atoms with Crippen molar-refractivity contribution in [3.05, 3.63) is 29.2 Å². The lowest BCUT2D eigenvalue weighted by molar-refractivity contribution is 0.119. The number of hydrogen-bond acceptors (Lipinski definition) is 4. The molecule has 0 amide bonds. The van der Waals surface area contributed by atoms with E-state index >= 15 is 0 Å². The lowest BCUT2D eigenvalue weighted by Gasteiger charge is -2.22. The van der Waals surface area contributed by atoms with E-state index in [1.165, 1.54) is 0 Å². The van der Waals surface area contributed by atoms with Crippen LogP contribution < -0.4 is 5.32 Å². The van der Waals surface area contributed by atoms with Gasteiger partial charge in [-0.2, -0.15) is 0 Å². The number of rotatable bonds is 5. The molecule has 0 aromatic carbocycles. The summed E-state index contributed by atoms with van der Waals surface area (Å²) in [5, 5.41) is 14.4. The second-order valence-corrected chi connectivity index (χ2v) is 6.63. The van der Waals surface area contributed by atoms with E-state index in [9.17, 15) is 5.11 Å². The lowest BCUT2D eigenvalue weighted by atomic mass is 9.89. The Hall–Kier alpha value is -1.10. The highest BCUT2D eigenvalue weighted by Crippen LogP contribution is 2.24. The van der Waals surface area contributed by atoms with Crippen LogP contribution >= 0.6 is 11.6 Å². The highest BCUT2D eigenvalue weighted by atomic mass is 35.5. The number of fused-ring (bicyclic) bond motifs is 1. The molecule has 0 fully saturated rings. The number of pyridine rings is 1. The topological polar surface area (TPSA) is 58.3 Å². The fraction of sp³-hybridized carbons (Fsp3) is 0.533. The molecule has 0 aliphatic rings. The molecule has 0 saturated carbocycles. The van der Waals surface area contributed by atoms with E-state index in [4.69, 9.17) is 16.0 Å². The van der Waals surface area contributed by atoms with E-state index in [1.54, 1.807) is 12.3 Å². The number of aromatic nitrogens is 1. The molecule has 2 heterocycles. The fourth-order valence-corrected chi connectivity index (χ4v) is 2.41. The molecule has 4 nitrogen and oxygen atoms in total. The van der Waals surface area contributed by atoms with Crippen LogP contribution in [0.1, 0.15) is 33.0 Å². The van der Waals surface area contributed by atoms with Crippen LogP contribution in [-0.2, 0) is 6.54 Å². The number of hydrogen-bond donors (Lipinski definition) is 2. The van der Waals surface area contributed by atoms with Crippen LogP contribution in [0.15, 0.2) is 22.7 Å². The average Bonchev–Trinajstić information content (AvgIpc) is 2.71. The van der Waals surface area contributed by atoms with E-state index in [1.807, 2.05) is 6.07 Å². The zero-order valence-corrected chi connectivity index (χ0v) is 12.9. The Morgan fingerprint density at radius 3 is 2.85 bits per heavy atom. The first-order valence-electron chi connectivity index (χ1n) is 6.77. The minimum absolute atomic E-state index is 0.125. The molecular formula is C15H21ClN2O2. The van der Waals surface area contributed by atoms with Gasteiger partial charge < -0.3 is 14.8 Å². The van der Waals surface area contributed by atoms with Gasteiger partial charge in [0.05, 0.1) is 18.0 Å². The molecule has 0 spiro atoms.